The van der Waals surface area contributed by atoms with Gasteiger partial charge in [-0.1, -0.05) is 45.9 Å². The number of esters is 1. The van der Waals surface area contributed by atoms with Crippen LogP contribution in [0.4, 0.5) is 0 Å². The second-order valence-corrected chi connectivity index (χ2v) is 5.13. The highest BCUT2D eigenvalue weighted by Gasteiger charge is 2.34. The molecule has 0 heterocycles. The van der Waals surface area contributed by atoms with Crippen molar-refractivity contribution < 1.29 is 14.6 Å². The van der Waals surface area contributed by atoms with E-state index >= 15 is 0 Å². The molecule has 0 saturated carbocycles. The van der Waals surface area contributed by atoms with Crippen molar-refractivity contribution in [3.8, 4) is 0 Å². The minimum Gasteiger partial charge on any atom is -0.458 e. The molecule has 1 unspecified atom stereocenters. The molecule has 0 aliphatic carbocycles. The summed E-state index contributed by atoms with van der Waals surface area (Å²) in [5.74, 6) is -0.209. The van der Waals surface area contributed by atoms with Gasteiger partial charge in [0.1, 0.15) is 6.10 Å². The highest BCUT2D eigenvalue weighted by atomic mass is 16.5. The number of aliphatic hydroxyl groups is 1. The summed E-state index contributed by atoms with van der Waals surface area (Å²) in [6.07, 6.45) is 6.34. The molecule has 1 atom stereocenters. The van der Waals surface area contributed by atoms with E-state index in [0.717, 1.165) is 0 Å². The molecule has 0 aromatic heterocycles. The molecule has 0 aromatic carbocycles. The number of hydrogen-bond donors (Lipinski definition) is 1. The monoisotopic (exact) mass is 240 g/mol. The lowest BCUT2D eigenvalue weighted by Crippen LogP contribution is -2.40. The van der Waals surface area contributed by atoms with Crippen molar-refractivity contribution in [2.45, 2.75) is 40.7 Å². The average molecular weight is 240 g/mol. The number of aliphatic hydroxyl groups excluding tert-OH is 1. The van der Waals surface area contributed by atoms with Gasteiger partial charge in [-0.15, -0.1) is 0 Å². The molecule has 0 aromatic rings. The first-order chi connectivity index (χ1) is 7.85. The third-order valence-corrected chi connectivity index (χ3v) is 2.56. The van der Waals surface area contributed by atoms with Gasteiger partial charge in [-0.2, -0.15) is 0 Å². The smallest absolute Gasteiger partial charge is 0.331 e. The van der Waals surface area contributed by atoms with E-state index in [2.05, 4.69) is 0 Å². The highest BCUT2D eigenvalue weighted by molar-refractivity contribution is 5.82. The van der Waals surface area contributed by atoms with Crippen molar-refractivity contribution in [3.63, 3.8) is 0 Å². The lowest BCUT2D eigenvalue weighted by Gasteiger charge is -2.34. The fraction of sp³-hybridized carbons (Fsp3) is 0.643. The zero-order valence-electron chi connectivity index (χ0n) is 11.4. The van der Waals surface area contributed by atoms with Gasteiger partial charge in [0.2, 0.25) is 0 Å². The number of ether oxygens (including phenoxy) is 1. The molecule has 98 valence electrons. The lowest BCUT2D eigenvalue weighted by atomic mass is 9.81. The summed E-state index contributed by atoms with van der Waals surface area (Å²) in [4.78, 5) is 11.6. The van der Waals surface area contributed by atoms with E-state index < -0.39 is 5.41 Å². The quantitative estimate of drug-likeness (QED) is 0.441. The van der Waals surface area contributed by atoms with Crippen LogP contribution in [0.2, 0.25) is 0 Å². The van der Waals surface area contributed by atoms with Crippen LogP contribution in [0.15, 0.2) is 24.3 Å². The summed E-state index contributed by atoms with van der Waals surface area (Å²) in [6, 6.07) is 0. The topological polar surface area (TPSA) is 46.5 Å². The van der Waals surface area contributed by atoms with Crippen LogP contribution in [0.1, 0.15) is 34.6 Å². The maximum absolute atomic E-state index is 11.6. The summed E-state index contributed by atoms with van der Waals surface area (Å²) in [6.45, 7) is 9.60. The summed E-state index contributed by atoms with van der Waals surface area (Å²) in [5, 5.41) is 9.32. The third-order valence-electron chi connectivity index (χ3n) is 2.56. The van der Waals surface area contributed by atoms with E-state index in [0.29, 0.717) is 0 Å². The fourth-order valence-corrected chi connectivity index (χ4v) is 1.70. The standard InChI is InChI=1S/C14H24O3/c1-6-7-8-9-12(16)17-13(11(2)3)14(4,5)10-15/h6-9,11,13,15H,10H2,1-5H3. The van der Waals surface area contributed by atoms with Gasteiger partial charge in [-0.05, 0) is 12.8 Å². The predicted molar refractivity (Wildman–Crippen MR) is 69.5 cm³/mol. The van der Waals surface area contributed by atoms with Crippen LogP contribution in [0, 0.1) is 11.3 Å². The van der Waals surface area contributed by atoms with Crippen molar-refractivity contribution >= 4 is 5.97 Å². The molecule has 0 rings (SSSR count). The SMILES string of the molecule is CC=CC=CC(=O)OC(C(C)C)C(C)(C)CO. The Hall–Kier alpha value is -1.09. The van der Waals surface area contributed by atoms with Gasteiger partial charge in [-0.25, -0.2) is 4.79 Å². The van der Waals surface area contributed by atoms with Gasteiger partial charge in [0.05, 0.1) is 6.61 Å². The van der Waals surface area contributed by atoms with Crippen molar-refractivity contribution in [1.82, 2.24) is 0 Å². The number of carbonyl (C=O) groups excluding carboxylic acids is 1. The molecule has 1 N–H and O–H groups in total. The molecule has 0 aliphatic heterocycles. The molecule has 0 saturated heterocycles. The summed E-state index contributed by atoms with van der Waals surface area (Å²) >= 11 is 0. The molecular formula is C14H24O3. The predicted octanol–water partition coefficient (Wildman–Crippen LogP) is 2.71. The van der Waals surface area contributed by atoms with Crippen LogP contribution < -0.4 is 0 Å². The maximum Gasteiger partial charge on any atom is 0.331 e. The number of carbonyl (C=O) groups is 1. The third kappa shape index (κ3) is 5.68. The molecule has 17 heavy (non-hydrogen) atoms. The van der Waals surface area contributed by atoms with Gasteiger partial charge < -0.3 is 9.84 Å². The lowest BCUT2D eigenvalue weighted by molar-refractivity contribution is -0.154. The second kappa shape index (κ2) is 7.28. The first-order valence-electron chi connectivity index (χ1n) is 5.96. The van der Waals surface area contributed by atoms with Crippen LogP contribution in [0.3, 0.4) is 0 Å². The summed E-state index contributed by atoms with van der Waals surface area (Å²) in [5.41, 5.74) is -0.432. The fourth-order valence-electron chi connectivity index (χ4n) is 1.70. The van der Waals surface area contributed by atoms with E-state index in [1.807, 2.05) is 40.7 Å². The number of hydrogen-bond acceptors (Lipinski definition) is 3. The van der Waals surface area contributed by atoms with Crippen LogP contribution in [0.5, 0.6) is 0 Å². The van der Waals surface area contributed by atoms with Gasteiger partial charge in [0, 0.05) is 11.5 Å². The Kier molecular flexibility index (Phi) is 6.81. The molecule has 0 spiro atoms. The Bertz CT molecular complexity index is 288. The molecule has 3 nitrogen and oxygen atoms in total. The number of rotatable bonds is 6. The van der Waals surface area contributed by atoms with E-state index in [4.69, 9.17) is 4.74 Å². The first-order valence-corrected chi connectivity index (χ1v) is 5.96. The number of allylic oxidation sites excluding steroid dienone is 3. The van der Waals surface area contributed by atoms with E-state index in [1.54, 1.807) is 12.2 Å². The Balaban J connectivity index is 4.62. The first kappa shape index (κ1) is 15.9. The van der Waals surface area contributed by atoms with Crippen LogP contribution in [-0.2, 0) is 9.53 Å². The normalized spacial score (nSPS) is 14.8. The molecule has 0 fully saturated rings. The molecule has 0 amide bonds. The summed E-state index contributed by atoms with van der Waals surface area (Å²) in [7, 11) is 0. The van der Waals surface area contributed by atoms with Crippen LogP contribution in [-0.4, -0.2) is 23.8 Å². The van der Waals surface area contributed by atoms with Crippen LogP contribution >= 0.6 is 0 Å². The van der Waals surface area contributed by atoms with E-state index in [-0.39, 0.29) is 24.6 Å². The largest absolute Gasteiger partial charge is 0.458 e. The minimum atomic E-state index is -0.432. The van der Waals surface area contributed by atoms with Crippen molar-refractivity contribution in [2.75, 3.05) is 6.61 Å². The summed E-state index contributed by atoms with van der Waals surface area (Å²) < 4.78 is 5.39. The van der Waals surface area contributed by atoms with Crippen molar-refractivity contribution in [2.24, 2.45) is 11.3 Å². The van der Waals surface area contributed by atoms with Crippen LogP contribution in [0.25, 0.3) is 0 Å². The van der Waals surface area contributed by atoms with Gasteiger partial charge >= 0.3 is 5.97 Å². The average Bonchev–Trinajstić information content (AvgIpc) is 2.25. The highest BCUT2D eigenvalue weighted by Crippen LogP contribution is 2.28. The molecule has 0 radical (unpaired) electrons. The maximum atomic E-state index is 11.6. The van der Waals surface area contributed by atoms with Gasteiger partial charge in [0.15, 0.2) is 0 Å². The Morgan fingerprint density at radius 1 is 1.35 bits per heavy atom. The Morgan fingerprint density at radius 2 is 1.94 bits per heavy atom. The Morgan fingerprint density at radius 3 is 2.35 bits per heavy atom. The molecular weight excluding hydrogens is 216 g/mol. The van der Waals surface area contributed by atoms with E-state index in [9.17, 15) is 9.90 Å². The van der Waals surface area contributed by atoms with Gasteiger partial charge in [0.25, 0.3) is 0 Å². The second-order valence-electron chi connectivity index (χ2n) is 5.13. The minimum absolute atomic E-state index is 0.0122. The molecule has 3 heteroatoms. The molecule has 0 bridgehead atoms. The molecule has 0 aliphatic rings. The zero-order valence-corrected chi connectivity index (χ0v) is 11.4. The van der Waals surface area contributed by atoms with E-state index in [1.165, 1.54) is 6.08 Å². The van der Waals surface area contributed by atoms with Crippen molar-refractivity contribution in [3.05, 3.63) is 24.3 Å². The van der Waals surface area contributed by atoms with Crippen molar-refractivity contribution in [1.29, 1.82) is 0 Å². The zero-order chi connectivity index (χ0) is 13.5. The Labute approximate surface area is 104 Å². The van der Waals surface area contributed by atoms with Gasteiger partial charge in [-0.3, -0.25) is 0 Å².